The topological polar surface area (TPSA) is 71.1 Å². The summed E-state index contributed by atoms with van der Waals surface area (Å²) in [6.07, 6.45) is 1.37. The Balaban J connectivity index is 3.04. The van der Waals surface area contributed by atoms with E-state index in [9.17, 15) is 8.42 Å². The van der Waals surface area contributed by atoms with Gasteiger partial charge >= 0.3 is 0 Å². The Morgan fingerprint density at radius 2 is 2.06 bits per heavy atom. The van der Waals surface area contributed by atoms with Gasteiger partial charge in [0.05, 0.1) is 0 Å². The van der Waals surface area contributed by atoms with Gasteiger partial charge in [0.1, 0.15) is 10.7 Å². The lowest BCUT2D eigenvalue weighted by Gasteiger charge is -2.12. The predicted octanol–water partition coefficient (Wildman–Crippen LogP) is 1.51. The molecule has 5 nitrogen and oxygen atoms in total. The van der Waals surface area contributed by atoms with Crippen LogP contribution in [0.5, 0.6) is 0 Å². The lowest BCUT2D eigenvalue weighted by molar-refractivity contribution is 0.583. The van der Waals surface area contributed by atoms with Gasteiger partial charge in [-0.05, 0) is 32.4 Å². The fraction of sp³-hybridized carbons (Fsp3) is 0.545. The molecule has 1 rings (SSSR count). The van der Waals surface area contributed by atoms with E-state index in [-0.39, 0.29) is 10.9 Å². The zero-order chi connectivity index (χ0) is 13.1. The van der Waals surface area contributed by atoms with Gasteiger partial charge in [0.15, 0.2) is 0 Å². The number of nitrogens with zero attached hydrogens (tertiary/aromatic N) is 1. The minimum absolute atomic E-state index is 0.200. The second-order valence-electron chi connectivity index (χ2n) is 4.14. The Bertz CT molecular complexity index is 483. The zero-order valence-electron chi connectivity index (χ0n) is 10.6. The first kappa shape index (κ1) is 13.9. The third kappa shape index (κ3) is 3.67. The number of aryl methyl sites for hydroxylation is 1. The molecule has 2 N–H and O–H groups in total. The molecule has 1 aromatic rings. The van der Waals surface area contributed by atoms with Crippen LogP contribution >= 0.6 is 0 Å². The molecule has 17 heavy (non-hydrogen) atoms. The van der Waals surface area contributed by atoms with E-state index in [0.717, 1.165) is 11.4 Å². The van der Waals surface area contributed by atoms with Crippen molar-refractivity contribution in [2.24, 2.45) is 0 Å². The number of sulfonamides is 1. The largest absolute Gasteiger partial charge is 0.368 e. The highest BCUT2D eigenvalue weighted by Gasteiger charge is 2.14. The Morgan fingerprint density at radius 3 is 2.53 bits per heavy atom. The Kier molecular flexibility index (Phi) is 4.47. The third-order valence-corrected chi connectivity index (χ3v) is 3.64. The smallest absolute Gasteiger partial charge is 0.242 e. The average Bonchev–Trinajstić information content (AvgIpc) is 2.20. The molecule has 0 spiro atoms. The van der Waals surface area contributed by atoms with Gasteiger partial charge in [0, 0.05) is 18.8 Å². The standard InChI is InChI=1S/C11H19N3O2S/c1-5-13-17(15,16)10-6-9(4)11(12-7-10)14-8(2)3/h6-8,13H,5H2,1-4H3,(H,12,14). The van der Waals surface area contributed by atoms with Crippen LogP contribution in [0, 0.1) is 6.92 Å². The maximum atomic E-state index is 11.7. The Labute approximate surface area is 103 Å². The van der Waals surface area contributed by atoms with Crippen molar-refractivity contribution in [3.63, 3.8) is 0 Å². The molecule has 6 heteroatoms. The summed E-state index contributed by atoms with van der Waals surface area (Å²) in [4.78, 5) is 4.34. The summed E-state index contributed by atoms with van der Waals surface area (Å²) in [6.45, 7) is 7.96. The zero-order valence-corrected chi connectivity index (χ0v) is 11.4. The highest BCUT2D eigenvalue weighted by atomic mass is 32.2. The van der Waals surface area contributed by atoms with Crippen molar-refractivity contribution in [3.8, 4) is 0 Å². The van der Waals surface area contributed by atoms with E-state index in [0.29, 0.717) is 6.54 Å². The summed E-state index contributed by atoms with van der Waals surface area (Å²) in [5.74, 6) is 0.718. The normalized spacial score (nSPS) is 11.8. The van der Waals surface area contributed by atoms with Crippen LogP contribution in [-0.2, 0) is 10.0 Å². The average molecular weight is 257 g/mol. The van der Waals surface area contributed by atoms with Gasteiger partial charge in [-0.3, -0.25) is 0 Å². The van der Waals surface area contributed by atoms with Crippen LogP contribution in [0.4, 0.5) is 5.82 Å². The van der Waals surface area contributed by atoms with Crippen LogP contribution in [-0.4, -0.2) is 26.0 Å². The number of hydrogen-bond acceptors (Lipinski definition) is 4. The summed E-state index contributed by atoms with van der Waals surface area (Å²) in [7, 11) is -3.42. The van der Waals surface area contributed by atoms with Crippen LogP contribution in [0.15, 0.2) is 17.2 Å². The molecular weight excluding hydrogens is 238 g/mol. The molecule has 0 unspecified atom stereocenters. The maximum Gasteiger partial charge on any atom is 0.242 e. The number of aromatic nitrogens is 1. The second kappa shape index (κ2) is 5.46. The number of anilines is 1. The molecule has 0 saturated carbocycles. The summed E-state index contributed by atoms with van der Waals surface area (Å²) in [6, 6.07) is 1.88. The van der Waals surface area contributed by atoms with Crippen molar-refractivity contribution in [1.29, 1.82) is 0 Å². The van der Waals surface area contributed by atoms with Crippen LogP contribution in [0.25, 0.3) is 0 Å². The SMILES string of the molecule is CCNS(=O)(=O)c1cnc(NC(C)C)c(C)c1. The molecule has 0 aliphatic heterocycles. The predicted molar refractivity (Wildman–Crippen MR) is 68.6 cm³/mol. The van der Waals surface area contributed by atoms with Crippen LogP contribution < -0.4 is 10.0 Å². The Morgan fingerprint density at radius 1 is 1.41 bits per heavy atom. The van der Waals surface area contributed by atoms with Crippen LogP contribution in [0.1, 0.15) is 26.3 Å². The van der Waals surface area contributed by atoms with Crippen LogP contribution in [0.2, 0.25) is 0 Å². The van der Waals surface area contributed by atoms with Gasteiger partial charge in [0.2, 0.25) is 10.0 Å². The molecule has 1 aromatic heterocycles. The molecular formula is C11H19N3O2S. The van der Waals surface area contributed by atoms with E-state index in [2.05, 4.69) is 15.0 Å². The van der Waals surface area contributed by atoms with E-state index in [4.69, 9.17) is 0 Å². The fourth-order valence-corrected chi connectivity index (χ4v) is 2.46. The maximum absolute atomic E-state index is 11.7. The van der Waals surface area contributed by atoms with E-state index >= 15 is 0 Å². The first-order valence-corrected chi connectivity index (χ1v) is 7.08. The lowest BCUT2D eigenvalue weighted by Crippen LogP contribution is -2.23. The van der Waals surface area contributed by atoms with Crippen molar-refractivity contribution >= 4 is 15.8 Å². The van der Waals surface area contributed by atoms with E-state index in [1.807, 2.05) is 20.8 Å². The summed E-state index contributed by atoms with van der Waals surface area (Å²) in [5, 5.41) is 3.16. The molecule has 0 saturated heterocycles. The van der Waals surface area contributed by atoms with Gasteiger partial charge in [-0.2, -0.15) is 0 Å². The first-order valence-electron chi connectivity index (χ1n) is 5.59. The second-order valence-corrected chi connectivity index (χ2v) is 5.90. The lowest BCUT2D eigenvalue weighted by atomic mass is 10.2. The summed E-state index contributed by atoms with van der Waals surface area (Å²) < 4.78 is 25.9. The van der Waals surface area contributed by atoms with Gasteiger partial charge in [-0.25, -0.2) is 18.1 Å². The van der Waals surface area contributed by atoms with Gasteiger partial charge in [-0.15, -0.1) is 0 Å². The van der Waals surface area contributed by atoms with Crippen molar-refractivity contribution in [2.75, 3.05) is 11.9 Å². The highest BCUT2D eigenvalue weighted by molar-refractivity contribution is 7.89. The minimum atomic E-state index is -3.42. The van der Waals surface area contributed by atoms with E-state index in [1.54, 1.807) is 13.0 Å². The molecule has 0 fully saturated rings. The molecule has 0 atom stereocenters. The fourth-order valence-electron chi connectivity index (χ4n) is 1.39. The van der Waals surface area contributed by atoms with Gasteiger partial charge < -0.3 is 5.32 Å². The van der Waals surface area contributed by atoms with Gasteiger partial charge in [0.25, 0.3) is 0 Å². The quantitative estimate of drug-likeness (QED) is 0.838. The third-order valence-electron chi connectivity index (χ3n) is 2.12. The van der Waals surface area contributed by atoms with Crippen molar-refractivity contribution in [3.05, 3.63) is 17.8 Å². The van der Waals surface area contributed by atoms with Crippen molar-refractivity contribution in [2.45, 2.75) is 38.6 Å². The molecule has 0 aromatic carbocycles. The molecule has 0 amide bonds. The first-order chi connectivity index (χ1) is 7.86. The molecule has 0 aliphatic carbocycles. The van der Waals surface area contributed by atoms with E-state index in [1.165, 1.54) is 6.20 Å². The number of rotatable bonds is 5. The molecule has 1 heterocycles. The van der Waals surface area contributed by atoms with E-state index < -0.39 is 10.0 Å². The van der Waals surface area contributed by atoms with Crippen molar-refractivity contribution < 1.29 is 8.42 Å². The number of pyridine rings is 1. The van der Waals surface area contributed by atoms with Gasteiger partial charge in [-0.1, -0.05) is 6.92 Å². The number of nitrogens with one attached hydrogen (secondary N) is 2. The summed E-state index contributed by atoms with van der Waals surface area (Å²) in [5.41, 5.74) is 0.817. The minimum Gasteiger partial charge on any atom is -0.368 e. The number of hydrogen-bond donors (Lipinski definition) is 2. The van der Waals surface area contributed by atoms with Crippen LogP contribution in [0.3, 0.4) is 0 Å². The monoisotopic (exact) mass is 257 g/mol. The Hall–Kier alpha value is -1.14. The molecule has 96 valence electrons. The summed E-state index contributed by atoms with van der Waals surface area (Å²) >= 11 is 0. The molecule has 0 aliphatic rings. The highest BCUT2D eigenvalue weighted by Crippen LogP contribution is 2.16. The van der Waals surface area contributed by atoms with Crippen molar-refractivity contribution in [1.82, 2.24) is 9.71 Å². The molecule has 0 radical (unpaired) electrons. The molecule has 0 bridgehead atoms.